The minimum absolute atomic E-state index is 0.100. The zero-order valence-corrected chi connectivity index (χ0v) is 23.8. The van der Waals surface area contributed by atoms with Crippen LogP contribution in [-0.4, -0.2) is 18.9 Å². The third-order valence-electron chi connectivity index (χ3n) is 9.67. The summed E-state index contributed by atoms with van der Waals surface area (Å²) in [5.41, 5.74) is 11.4. The van der Waals surface area contributed by atoms with E-state index in [2.05, 4.69) is 144 Å². The van der Waals surface area contributed by atoms with Gasteiger partial charge in [0.25, 0.3) is 0 Å². The Morgan fingerprint density at radius 3 is 2.14 bits per heavy atom. The predicted molar refractivity (Wildman–Crippen MR) is 177 cm³/mol. The summed E-state index contributed by atoms with van der Waals surface area (Å²) in [6, 6.07) is 43.6. The lowest BCUT2D eigenvalue weighted by Gasteiger charge is -2.35. The first kappa shape index (κ1) is 23.1. The van der Waals surface area contributed by atoms with Gasteiger partial charge in [0, 0.05) is 27.1 Å². The molecule has 9 aromatic rings. The predicted octanol–water partition coefficient (Wildman–Crippen LogP) is 9.59. The zero-order valence-electron chi connectivity index (χ0n) is 23.8. The van der Waals surface area contributed by atoms with Gasteiger partial charge in [0.05, 0.1) is 27.6 Å². The van der Waals surface area contributed by atoms with E-state index in [1.165, 1.54) is 43.8 Å². The van der Waals surface area contributed by atoms with Crippen molar-refractivity contribution in [3.63, 3.8) is 0 Å². The fourth-order valence-electron chi connectivity index (χ4n) is 7.77. The molecule has 1 aliphatic carbocycles. The quantitative estimate of drug-likeness (QED) is 0.204. The second kappa shape index (κ2) is 7.87. The van der Waals surface area contributed by atoms with Crippen molar-refractivity contribution in [3.05, 3.63) is 132 Å². The minimum atomic E-state index is -0.100. The van der Waals surface area contributed by atoms with Gasteiger partial charge >= 0.3 is 0 Å². The summed E-state index contributed by atoms with van der Waals surface area (Å²) >= 11 is 0. The molecule has 0 amide bonds. The smallest absolute Gasteiger partial charge is 0.221 e. The average molecular weight is 551 g/mol. The standard InChI is InChI=1S/C39H26N4/c1-39(2)27-16-6-3-13-24(27)36-34-23(12-11-17-28(34)39)22-33-35(36)26-15-5-9-20-31(26)42(33)38-41-29-18-7-4-14-25(29)37-40-30-19-8-10-21-32(30)43(37)38/h3-22H,1-2H3. The molecule has 6 aromatic carbocycles. The molecule has 3 aromatic heterocycles. The van der Waals surface area contributed by atoms with E-state index in [-0.39, 0.29) is 5.41 Å². The second-order valence-electron chi connectivity index (χ2n) is 12.3. The fourth-order valence-corrected chi connectivity index (χ4v) is 7.77. The first-order valence-corrected chi connectivity index (χ1v) is 14.9. The van der Waals surface area contributed by atoms with Crippen LogP contribution >= 0.6 is 0 Å². The van der Waals surface area contributed by atoms with Gasteiger partial charge in [-0.3, -0.25) is 8.97 Å². The number of imidazole rings is 1. The van der Waals surface area contributed by atoms with Gasteiger partial charge < -0.3 is 0 Å². The molecule has 202 valence electrons. The maximum absolute atomic E-state index is 5.39. The third-order valence-corrected chi connectivity index (χ3v) is 9.67. The Hall–Kier alpha value is -5.48. The first-order valence-electron chi connectivity index (χ1n) is 14.9. The van der Waals surface area contributed by atoms with E-state index in [9.17, 15) is 0 Å². The van der Waals surface area contributed by atoms with Crippen LogP contribution in [0.2, 0.25) is 0 Å². The van der Waals surface area contributed by atoms with Crippen LogP contribution in [0.25, 0.3) is 77.2 Å². The SMILES string of the molecule is CC1(C)c2ccccc2-c2c3c1cccc3cc1c2c2ccccc2n1-c1nc2ccccc2c2nc3ccccc3n12. The molecule has 0 saturated carbocycles. The summed E-state index contributed by atoms with van der Waals surface area (Å²) in [5, 5.41) is 6.15. The minimum Gasteiger partial charge on any atom is -0.279 e. The lowest BCUT2D eigenvalue weighted by Crippen LogP contribution is -2.23. The summed E-state index contributed by atoms with van der Waals surface area (Å²) in [4.78, 5) is 10.5. The molecule has 4 heteroatoms. The molecular weight excluding hydrogens is 524 g/mol. The van der Waals surface area contributed by atoms with E-state index >= 15 is 0 Å². The molecule has 0 atom stereocenters. The van der Waals surface area contributed by atoms with Gasteiger partial charge in [0.2, 0.25) is 5.95 Å². The maximum atomic E-state index is 5.39. The maximum Gasteiger partial charge on any atom is 0.221 e. The molecule has 0 spiro atoms. The second-order valence-corrected chi connectivity index (χ2v) is 12.3. The zero-order chi connectivity index (χ0) is 28.4. The van der Waals surface area contributed by atoms with Gasteiger partial charge in [-0.25, -0.2) is 9.97 Å². The highest BCUT2D eigenvalue weighted by Crippen LogP contribution is 2.52. The largest absolute Gasteiger partial charge is 0.279 e. The van der Waals surface area contributed by atoms with Crippen molar-refractivity contribution < 1.29 is 0 Å². The van der Waals surface area contributed by atoms with Crippen LogP contribution in [0.3, 0.4) is 0 Å². The van der Waals surface area contributed by atoms with Gasteiger partial charge in [-0.2, -0.15) is 0 Å². The van der Waals surface area contributed by atoms with Gasteiger partial charge in [-0.05, 0) is 63.9 Å². The van der Waals surface area contributed by atoms with Crippen molar-refractivity contribution >= 4 is 60.2 Å². The fraction of sp³-hybridized carbons (Fsp3) is 0.0769. The highest BCUT2D eigenvalue weighted by molar-refractivity contribution is 6.24. The number of fused-ring (bicyclic) bond motifs is 11. The summed E-state index contributed by atoms with van der Waals surface area (Å²) < 4.78 is 4.61. The van der Waals surface area contributed by atoms with Gasteiger partial charge in [-0.1, -0.05) is 98.8 Å². The highest BCUT2D eigenvalue weighted by atomic mass is 15.2. The monoisotopic (exact) mass is 550 g/mol. The Morgan fingerprint density at radius 1 is 0.558 bits per heavy atom. The van der Waals surface area contributed by atoms with Crippen molar-refractivity contribution in [2.75, 3.05) is 0 Å². The van der Waals surface area contributed by atoms with Crippen LogP contribution in [-0.2, 0) is 5.41 Å². The molecule has 0 fully saturated rings. The highest BCUT2D eigenvalue weighted by Gasteiger charge is 2.35. The van der Waals surface area contributed by atoms with E-state index in [0.29, 0.717) is 0 Å². The van der Waals surface area contributed by atoms with E-state index in [1.54, 1.807) is 0 Å². The summed E-state index contributed by atoms with van der Waals surface area (Å²) in [5.74, 6) is 0.848. The van der Waals surface area contributed by atoms with Crippen molar-refractivity contribution in [3.8, 4) is 17.1 Å². The third kappa shape index (κ3) is 2.81. The van der Waals surface area contributed by atoms with Crippen LogP contribution in [0, 0.1) is 0 Å². The number of aromatic nitrogens is 4. The Labute approximate surface area is 247 Å². The van der Waals surface area contributed by atoms with Crippen molar-refractivity contribution in [2.45, 2.75) is 19.3 Å². The Morgan fingerprint density at radius 2 is 1.26 bits per heavy atom. The normalized spacial score (nSPS) is 14.0. The first-order chi connectivity index (χ1) is 21.1. The van der Waals surface area contributed by atoms with Crippen molar-refractivity contribution in [1.82, 2.24) is 18.9 Å². The topological polar surface area (TPSA) is 35.1 Å². The molecule has 0 unspecified atom stereocenters. The Bertz CT molecular complexity index is 2650. The molecule has 0 saturated heterocycles. The van der Waals surface area contributed by atoms with Crippen LogP contribution in [0.4, 0.5) is 0 Å². The molecule has 1 aliphatic rings. The summed E-state index contributed by atoms with van der Waals surface area (Å²) in [6.45, 7) is 4.72. The van der Waals surface area contributed by atoms with E-state index < -0.39 is 0 Å². The van der Waals surface area contributed by atoms with Gasteiger partial charge in [0.1, 0.15) is 5.65 Å². The lowest BCUT2D eigenvalue weighted by molar-refractivity contribution is 0.645. The number of rotatable bonds is 1. The number of para-hydroxylation sites is 4. The molecular formula is C39H26N4. The molecule has 0 bridgehead atoms. The van der Waals surface area contributed by atoms with Crippen LogP contribution < -0.4 is 0 Å². The van der Waals surface area contributed by atoms with Gasteiger partial charge in [0.15, 0.2) is 0 Å². The summed E-state index contributed by atoms with van der Waals surface area (Å²) in [6.07, 6.45) is 0. The van der Waals surface area contributed by atoms with Crippen LogP contribution in [0.15, 0.2) is 121 Å². The number of hydrogen-bond donors (Lipinski definition) is 0. The van der Waals surface area contributed by atoms with Gasteiger partial charge in [-0.15, -0.1) is 0 Å². The van der Waals surface area contributed by atoms with Crippen LogP contribution in [0.1, 0.15) is 25.0 Å². The molecule has 0 aliphatic heterocycles. The van der Waals surface area contributed by atoms with E-state index in [0.717, 1.165) is 44.6 Å². The average Bonchev–Trinajstić information content (AvgIpc) is 3.59. The van der Waals surface area contributed by atoms with Crippen molar-refractivity contribution in [1.29, 1.82) is 0 Å². The lowest BCUT2D eigenvalue weighted by atomic mass is 9.68. The van der Waals surface area contributed by atoms with Crippen molar-refractivity contribution in [2.24, 2.45) is 0 Å². The van der Waals surface area contributed by atoms with E-state index in [1.807, 2.05) is 0 Å². The summed E-state index contributed by atoms with van der Waals surface area (Å²) in [7, 11) is 0. The van der Waals surface area contributed by atoms with E-state index in [4.69, 9.17) is 9.97 Å². The number of nitrogens with zero attached hydrogens (tertiary/aromatic N) is 4. The molecule has 0 N–H and O–H groups in total. The molecule has 43 heavy (non-hydrogen) atoms. The molecule has 10 rings (SSSR count). The van der Waals surface area contributed by atoms with Crippen LogP contribution in [0.5, 0.6) is 0 Å². The Balaban J connectivity index is 1.48. The Kier molecular flexibility index (Phi) is 4.23. The number of benzene rings is 6. The molecule has 3 heterocycles. The molecule has 4 nitrogen and oxygen atoms in total. The number of hydrogen-bond acceptors (Lipinski definition) is 2. The molecule has 0 radical (unpaired) electrons.